The van der Waals surface area contributed by atoms with Crippen LogP contribution in [0.15, 0.2) is 54.1 Å². The van der Waals surface area contributed by atoms with Gasteiger partial charge in [0, 0.05) is 37.7 Å². The molecule has 188 valence electrons. The number of carbonyl (C=O) groups is 2. The Hall–Kier alpha value is -4.09. The van der Waals surface area contributed by atoms with Crippen molar-refractivity contribution in [3.63, 3.8) is 0 Å². The zero-order valence-electron chi connectivity index (χ0n) is 19.0. The standard InChI is InChI=1S/C24H22F3N5O4/c25-24(26,27)36-21-4-2-1-3-20(21)35-14-22(33)31-9-7-16-12-32(13-17(16)8-10-31)23(34)15-5-6-18-19(11-15)29-30-28-18/h1-7,11,17H,8-10,12-14H2,(H,28,29,30)/t17-/m1/s1. The molecule has 0 saturated carbocycles. The zero-order valence-corrected chi connectivity index (χ0v) is 19.0. The first-order valence-electron chi connectivity index (χ1n) is 11.3. The number of nitrogens with zero attached hydrogens (tertiary/aromatic N) is 4. The van der Waals surface area contributed by atoms with Gasteiger partial charge < -0.3 is 19.3 Å². The summed E-state index contributed by atoms with van der Waals surface area (Å²) in [5, 5.41) is 10.6. The molecule has 5 rings (SSSR count). The number of benzene rings is 2. The third-order valence-corrected chi connectivity index (χ3v) is 6.29. The average Bonchev–Trinajstić information content (AvgIpc) is 3.44. The second-order valence-corrected chi connectivity index (χ2v) is 8.60. The minimum absolute atomic E-state index is 0.0880. The number of aromatic amines is 1. The van der Waals surface area contributed by atoms with Crippen molar-refractivity contribution in [3.05, 3.63) is 59.7 Å². The first-order valence-corrected chi connectivity index (χ1v) is 11.3. The second-order valence-electron chi connectivity index (χ2n) is 8.60. The molecule has 9 nitrogen and oxygen atoms in total. The maximum absolute atomic E-state index is 13.0. The Kier molecular flexibility index (Phi) is 6.25. The van der Waals surface area contributed by atoms with Crippen LogP contribution in [-0.4, -0.2) is 76.2 Å². The van der Waals surface area contributed by atoms with Crippen molar-refractivity contribution in [2.75, 3.05) is 32.8 Å². The minimum Gasteiger partial charge on any atom is -0.480 e. The number of hydrogen-bond acceptors (Lipinski definition) is 6. The van der Waals surface area contributed by atoms with E-state index in [0.717, 1.165) is 11.6 Å². The Morgan fingerprint density at radius 3 is 2.64 bits per heavy atom. The van der Waals surface area contributed by atoms with Gasteiger partial charge in [0.15, 0.2) is 18.1 Å². The van der Waals surface area contributed by atoms with Gasteiger partial charge in [0.25, 0.3) is 11.8 Å². The molecule has 0 unspecified atom stereocenters. The number of fused-ring (bicyclic) bond motifs is 2. The van der Waals surface area contributed by atoms with Crippen LogP contribution in [0.25, 0.3) is 11.0 Å². The summed E-state index contributed by atoms with van der Waals surface area (Å²) in [5.41, 5.74) is 2.94. The number of nitrogens with one attached hydrogen (secondary N) is 1. The van der Waals surface area contributed by atoms with Crippen molar-refractivity contribution in [1.82, 2.24) is 25.2 Å². The number of carbonyl (C=O) groups excluding carboxylic acids is 2. The van der Waals surface area contributed by atoms with Crippen LogP contribution >= 0.6 is 0 Å². The SMILES string of the molecule is O=C(COc1ccccc1OC(F)(F)F)N1CC=C2CN(C(=O)c3ccc4n[nH]nc4c3)C[C@H]2CC1. The fraction of sp³-hybridized carbons (Fsp3) is 0.333. The van der Waals surface area contributed by atoms with Crippen LogP contribution < -0.4 is 9.47 Å². The Balaban J connectivity index is 1.18. The zero-order chi connectivity index (χ0) is 25.3. The largest absolute Gasteiger partial charge is 0.573 e. The van der Waals surface area contributed by atoms with E-state index in [-0.39, 0.29) is 23.5 Å². The fourth-order valence-electron chi connectivity index (χ4n) is 4.48. The lowest BCUT2D eigenvalue weighted by molar-refractivity contribution is -0.275. The maximum Gasteiger partial charge on any atom is 0.573 e. The summed E-state index contributed by atoms with van der Waals surface area (Å²) in [6, 6.07) is 10.5. The molecule has 1 N–H and O–H groups in total. The van der Waals surface area contributed by atoms with Crippen LogP contribution in [-0.2, 0) is 4.79 Å². The molecule has 1 aromatic heterocycles. The highest BCUT2D eigenvalue weighted by molar-refractivity contribution is 5.97. The lowest BCUT2D eigenvalue weighted by Gasteiger charge is -2.22. The number of H-pyrrole nitrogens is 1. The van der Waals surface area contributed by atoms with Gasteiger partial charge in [-0.05, 0) is 42.3 Å². The van der Waals surface area contributed by atoms with Crippen LogP contribution in [0.5, 0.6) is 11.5 Å². The number of rotatable bonds is 5. The van der Waals surface area contributed by atoms with E-state index in [2.05, 4.69) is 20.1 Å². The van der Waals surface area contributed by atoms with E-state index < -0.39 is 18.7 Å². The molecule has 1 saturated heterocycles. The van der Waals surface area contributed by atoms with Gasteiger partial charge in [0.05, 0.1) is 0 Å². The van der Waals surface area contributed by atoms with E-state index in [4.69, 9.17) is 4.74 Å². The van der Waals surface area contributed by atoms with Crippen LogP contribution in [0, 0.1) is 5.92 Å². The number of halogens is 3. The van der Waals surface area contributed by atoms with Gasteiger partial charge in [-0.15, -0.1) is 13.2 Å². The first-order chi connectivity index (χ1) is 17.3. The van der Waals surface area contributed by atoms with Gasteiger partial charge in [-0.3, -0.25) is 9.59 Å². The summed E-state index contributed by atoms with van der Waals surface area (Å²) in [6.45, 7) is 1.38. The molecule has 2 aromatic carbocycles. The van der Waals surface area contributed by atoms with Crippen molar-refractivity contribution < 1.29 is 32.2 Å². The number of para-hydroxylation sites is 2. The summed E-state index contributed by atoms with van der Waals surface area (Å²) < 4.78 is 47.1. The van der Waals surface area contributed by atoms with Gasteiger partial charge >= 0.3 is 6.36 Å². The van der Waals surface area contributed by atoms with Gasteiger partial charge in [0.2, 0.25) is 0 Å². The van der Waals surface area contributed by atoms with Crippen LogP contribution in [0.4, 0.5) is 13.2 Å². The molecule has 2 amide bonds. The normalized spacial score (nSPS) is 18.0. The minimum atomic E-state index is -4.86. The summed E-state index contributed by atoms with van der Waals surface area (Å²) in [6.07, 6.45) is -2.25. The Bertz CT molecular complexity index is 1320. The lowest BCUT2D eigenvalue weighted by atomic mass is 10.00. The molecule has 0 bridgehead atoms. The van der Waals surface area contributed by atoms with Crippen molar-refractivity contribution in [2.24, 2.45) is 5.92 Å². The average molecular weight is 501 g/mol. The molecule has 0 spiro atoms. The number of likely N-dealkylation sites (tertiary alicyclic amines) is 1. The molecule has 3 aromatic rings. The molecule has 2 aliphatic heterocycles. The van der Waals surface area contributed by atoms with Gasteiger partial charge in [-0.25, -0.2) is 0 Å². The van der Waals surface area contributed by atoms with E-state index in [9.17, 15) is 22.8 Å². The Morgan fingerprint density at radius 1 is 1.06 bits per heavy atom. The molecule has 0 aliphatic carbocycles. The van der Waals surface area contributed by atoms with Gasteiger partial charge in [-0.2, -0.15) is 15.4 Å². The van der Waals surface area contributed by atoms with Crippen molar-refractivity contribution >= 4 is 22.8 Å². The molecular formula is C24H22F3N5O4. The number of aromatic nitrogens is 3. The summed E-state index contributed by atoms with van der Waals surface area (Å²) in [4.78, 5) is 29.1. The third kappa shape index (κ3) is 5.11. The number of hydrogen-bond donors (Lipinski definition) is 1. The number of ether oxygens (including phenoxy) is 2. The van der Waals surface area contributed by atoms with E-state index in [1.54, 1.807) is 28.0 Å². The highest BCUT2D eigenvalue weighted by Gasteiger charge is 2.34. The third-order valence-electron chi connectivity index (χ3n) is 6.29. The predicted molar refractivity (Wildman–Crippen MR) is 121 cm³/mol. The van der Waals surface area contributed by atoms with Crippen molar-refractivity contribution in [3.8, 4) is 11.5 Å². The van der Waals surface area contributed by atoms with Crippen LogP contribution in [0.3, 0.4) is 0 Å². The van der Waals surface area contributed by atoms with E-state index in [1.165, 1.54) is 18.2 Å². The van der Waals surface area contributed by atoms with Crippen LogP contribution in [0.1, 0.15) is 16.8 Å². The molecule has 3 heterocycles. The molecule has 2 aliphatic rings. The first kappa shape index (κ1) is 23.6. The van der Waals surface area contributed by atoms with Gasteiger partial charge in [-0.1, -0.05) is 18.2 Å². The Labute approximate surface area is 203 Å². The monoisotopic (exact) mass is 501 g/mol. The van der Waals surface area contributed by atoms with Gasteiger partial charge in [0.1, 0.15) is 11.0 Å². The molecule has 36 heavy (non-hydrogen) atoms. The van der Waals surface area contributed by atoms with E-state index >= 15 is 0 Å². The van der Waals surface area contributed by atoms with Crippen molar-refractivity contribution in [2.45, 2.75) is 12.8 Å². The van der Waals surface area contributed by atoms with Crippen molar-refractivity contribution in [1.29, 1.82) is 0 Å². The van der Waals surface area contributed by atoms with Crippen LogP contribution in [0.2, 0.25) is 0 Å². The molecule has 12 heteroatoms. The second kappa shape index (κ2) is 9.51. The smallest absolute Gasteiger partial charge is 0.480 e. The molecule has 1 atom stereocenters. The maximum atomic E-state index is 13.0. The number of amides is 2. The Morgan fingerprint density at radius 2 is 1.83 bits per heavy atom. The number of alkyl halides is 3. The topological polar surface area (TPSA) is 101 Å². The molecule has 0 radical (unpaired) electrons. The summed E-state index contributed by atoms with van der Waals surface area (Å²) in [5.74, 6) is -0.967. The lowest BCUT2D eigenvalue weighted by Crippen LogP contribution is -2.36. The highest BCUT2D eigenvalue weighted by Crippen LogP contribution is 2.32. The quantitative estimate of drug-likeness (QED) is 0.539. The van der Waals surface area contributed by atoms with E-state index in [1.807, 2.05) is 6.08 Å². The highest BCUT2D eigenvalue weighted by atomic mass is 19.4. The fourth-order valence-corrected chi connectivity index (χ4v) is 4.48. The molecular weight excluding hydrogens is 479 g/mol. The molecule has 1 fully saturated rings. The predicted octanol–water partition coefficient (Wildman–Crippen LogP) is 3.17. The summed E-state index contributed by atoms with van der Waals surface area (Å²) in [7, 11) is 0. The summed E-state index contributed by atoms with van der Waals surface area (Å²) >= 11 is 0. The van der Waals surface area contributed by atoms with E-state index in [0.29, 0.717) is 49.2 Å².